The van der Waals surface area contributed by atoms with Gasteiger partial charge in [-0.1, -0.05) is 0 Å². The van der Waals surface area contributed by atoms with Crippen LogP contribution in [-0.2, 0) is 21.0 Å². The van der Waals surface area contributed by atoms with E-state index in [2.05, 4.69) is 59.8 Å². The van der Waals surface area contributed by atoms with Crippen molar-refractivity contribution >= 4 is 3.26 Å². The van der Waals surface area contributed by atoms with E-state index in [-0.39, 0.29) is 0 Å². The molecule has 0 aliphatic heterocycles. The van der Waals surface area contributed by atoms with Gasteiger partial charge in [0, 0.05) is 0 Å². The van der Waals surface area contributed by atoms with Crippen molar-refractivity contribution in [3.63, 3.8) is 0 Å². The quantitative estimate of drug-likeness (QED) is 0.571. The Labute approximate surface area is 119 Å². The zero-order valence-electron chi connectivity index (χ0n) is 12.5. The predicted octanol–water partition coefficient (Wildman–Crippen LogP) is 4.92. The van der Waals surface area contributed by atoms with Crippen molar-refractivity contribution in [1.29, 1.82) is 0 Å². The fourth-order valence-electron chi connectivity index (χ4n) is 2.96. The van der Waals surface area contributed by atoms with Gasteiger partial charge in [-0.2, -0.15) is 0 Å². The first kappa shape index (κ1) is 14.1. The summed E-state index contributed by atoms with van der Waals surface area (Å²) in [6.45, 7) is 14.0. The molecule has 0 nitrogen and oxygen atoms in total. The fourth-order valence-corrected chi connectivity index (χ4v) is 14.8. The number of allylic oxidation sites excluding steroid dienone is 8. The second-order valence-corrected chi connectivity index (χ2v) is 16.6. The molecule has 0 amide bonds. The molecule has 0 saturated carbocycles. The molecule has 2 aliphatic carbocycles. The minimum atomic E-state index is -1.88. The van der Waals surface area contributed by atoms with Crippen molar-refractivity contribution < 1.29 is 21.0 Å². The molecule has 0 radical (unpaired) electrons. The van der Waals surface area contributed by atoms with E-state index in [1.54, 1.807) is 17.7 Å². The number of rotatable bonds is 2. The molecule has 0 aromatic heterocycles. The fraction of sp³-hybridized carbons (Fsp3) is 0.471. The summed E-state index contributed by atoms with van der Waals surface area (Å²) in [5.41, 5.74) is 4.66. The van der Waals surface area contributed by atoms with Crippen LogP contribution in [0, 0.1) is 5.92 Å². The Morgan fingerprint density at radius 3 is 2.22 bits per heavy atom. The van der Waals surface area contributed by atoms with E-state index in [0.717, 1.165) is 0 Å². The number of hydrogen-bond acceptors (Lipinski definition) is 0. The molecular weight excluding hydrogens is 383 g/mol. The maximum absolute atomic E-state index is 2.52. The van der Waals surface area contributed by atoms with E-state index in [1.807, 2.05) is 3.33 Å². The van der Waals surface area contributed by atoms with Gasteiger partial charge in [-0.25, -0.2) is 0 Å². The van der Waals surface area contributed by atoms with E-state index in [1.165, 1.54) is 12.0 Å². The third kappa shape index (κ3) is 2.52. The van der Waals surface area contributed by atoms with Crippen LogP contribution in [0.5, 0.6) is 0 Å². The summed E-state index contributed by atoms with van der Waals surface area (Å²) in [5, 5.41) is 0. The summed E-state index contributed by atoms with van der Waals surface area (Å²) < 4.78 is 5.33. The standard InChI is InChI=1S/C8H11.C6H7.C3H6.Hf/c1-6-4-5-7(2)8(6)3;1-6-4-2-3-5-6;1-3-2;/h4,7H,1-3H3;2,4H,5H2,1H3;1-2H3;. The third-order valence-corrected chi connectivity index (χ3v) is 15.5. The Kier molecular flexibility index (Phi) is 4.21. The van der Waals surface area contributed by atoms with Gasteiger partial charge >= 0.3 is 120 Å². The van der Waals surface area contributed by atoms with Crippen molar-refractivity contribution in [2.24, 2.45) is 5.92 Å². The Bertz CT molecular complexity index is 532. The first-order valence-corrected chi connectivity index (χ1v) is 12.2. The van der Waals surface area contributed by atoms with Crippen LogP contribution < -0.4 is 0 Å². The zero-order chi connectivity index (χ0) is 13.4. The van der Waals surface area contributed by atoms with Crippen LogP contribution in [-0.4, -0.2) is 3.26 Å². The molecule has 0 N–H and O–H groups in total. The first-order chi connectivity index (χ1) is 8.41. The van der Waals surface area contributed by atoms with E-state index in [0.29, 0.717) is 5.92 Å². The molecule has 96 valence electrons. The van der Waals surface area contributed by atoms with E-state index in [9.17, 15) is 0 Å². The van der Waals surface area contributed by atoms with Crippen LogP contribution in [0.2, 0.25) is 0 Å². The Morgan fingerprint density at radius 2 is 1.83 bits per heavy atom. The molecule has 0 bridgehead atoms. The molecule has 1 atom stereocenters. The Morgan fingerprint density at radius 1 is 1.17 bits per heavy atom. The molecule has 0 heterocycles. The molecule has 2 rings (SSSR count). The van der Waals surface area contributed by atoms with Gasteiger partial charge in [0.15, 0.2) is 0 Å². The van der Waals surface area contributed by atoms with Crippen molar-refractivity contribution in [1.82, 2.24) is 0 Å². The van der Waals surface area contributed by atoms with Crippen LogP contribution in [0.15, 0.2) is 41.6 Å². The van der Waals surface area contributed by atoms with Gasteiger partial charge in [0.1, 0.15) is 0 Å². The van der Waals surface area contributed by atoms with Gasteiger partial charge < -0.3 is 0 Å². The van der Waals surface area contributed by atoms with Crippen molar-refractivity contribution in [3.05, 3.63) is 41.6 Å². The van der Waals surface area contributed by atoms with Crippen LogP contribution >= 0.6 is 0 Å². The summed E-state index contributed by atoms with van der Waals surface area (Å²) in [7, 11) is 0. The topological polar surface area (TPSA) is 0 Å². The molecule has 1 unspecified atom stereocenters. The van der Waals surface area contributed by atoms with Gasteiger partial charge in [-0.05, 0) is 0 Å². The zero-order valence-corrected chi connectivity index (χ0v) is 16.1. The van der Waals surface area contributed by atoms with Crippen LogP contribution in [0.4, 0.5) is 0 Å². The summed E-state index contributed by atoms with van der Waals surface area (Å²) in [6.07, 6.45) is 8.52. The molecule has 0 saturated heterocycles. The molecule has 1 heteroatoms. The molecule has 0 aromatic rings. The predicted molar refractivity (Wildman–Crippen MR) is 78.4 cm³/mol. The second-order valence-electron chi connectivity index (χ2n) is 5.94. The average molecular weight is 407 g/mol. The van der Waals surface area contributed by atoms with Gasteiger partial charge in [0.2, 0.25) is 0 Å². The molecule has 18 heavy (non-hydrogen) atoms. The third-order valence-electron chi connectivity index (χ3n) is 4.26. The van der Waals surface area contributed by atoms with Crippen LogP contribution in [0.3, 0.4) is 0 Å². The monoisotopic (exact) mass is 408 g/mol. The van der Waals surface area contributed by atoms with Crippen molar-refractivity contribution in [2.75, 3.05) is 0 Å². The summed E-state index contributed by atoms with van der Waals surface area (Å²) in [6, 6.07) is 0. The maximum atomic E-state index is 2.52. The van der Waals surface area contributed by atoms with Gasteiger partial charge in [-0.15, -0.1) is 0 Å². The van der Waals surface area contributed by atoms with E-state index < -0.39 is 21.0 Å². The number of hydrogen-bond donors (Lipinski definition) is 0. The van der Waals surface area contributed by atoms with Gasteiger partial charge in [0.05, 0.1) is 0 Å². The van der Waals surface area contributed by atoms with Gasteiger partial charge in [-0.3, -0.25) is 0 Å². The Balaban J connectivity index is 2.38. The summed E-state index contributed by atoms with van der Waals surface area (Å²) in [5.74, 6) is 0.698. The van der Waals surface area contributed by atoms with Crippen LogP contribution in [0.25, 0.3) is 0 Å². The molecule has 2 aliphatic rings. The van der Waals surface area contributed by atoms with Crippen LogP contribution in [0.1, 0.15) is 48.0 Å². The summed E-state index contributed by atoms with van der Waals surface area (Å²) >= 11 is -1.88. The Hall–Kier alpha value is -0.300. The second kappa shape index (κ2) is 5.36. The van der Waals surface area contributed by atoms with Crippen molar-refractivity contribution in [3.8, 4) is 0 Å². The molecule has 0 spiro atoms. The molecule has 0 fully saturated rings. The summed E-state index contributed by atoms with van der Waals surface area (Å²) in [4.78, 5) is 0. The molecule has 0 aromatic carbocycles. The average Bonchev–Trinajstić information content (AvgIpc) is 2.80. The van der Waals surface area contributed by atoms with Crippen molar-refractivity contribution in [2.45, 2.75) is 48.0 Å². The normalized spacial score (nSPS) is 23.0. The minimum absolute atomic E-state index is 0.698. The first-order valence-electron chi connectivity index (χ1n) is 6.85. The molecular formula is C17H24Hf. The van der Waals surface area contributed by atoms with Gasteiger partial charge in [0.25, 0.3) is 0 Å². The van der Waals surface area contributed by atoms with E-state index >= 15 is 0 Å². The SMILES string of the molecule is CC1=CC=[C]([Hf]([C]2=CC(C)=C(C)C2C)=[C](C)C)C1. The van der Waals surface area contributed by atoms with E-state index in [4.69, 9.17) is 0 Å².